The first-order valence-corrected chi connectivity index (χ1v) is 9.90. The maximum absolute atomic E-state index is 12.2. The van der Waals surface area contributed by atoms with Crippen LogP contribution in [0.4, 0.5) is 5.69 Å². The fraction of sp³-hybridized carbons (Fsp3) is 0.600. The van der Waals surface area contributed by atoms with E-state index in [4.69, 9.17) is 0 Å². The number of rotatable bonds is 4. The van der Waals surface area contributed by atoms with Gasteiger partial charge in [-0.05, 0) is 77.6 Å². The van der Waals surface area contributed by atoms with E-state index in [0.29, 0.717) is 17.0 Å². The second-order valence-electron chi connectivity index (χ2n) is 7.80. The van der Waals surface area contributed by atoms with Crippen molar-refractivity contribution in [1.82, 2.24) is 5.32 Å². The van der Waals surface area contributed by atoms with Crippen LogP contribution in [0.15, 0.2) is 22.7 Å². The van der Waals surface area contributed by atoms with E-state index in [1.165, 1.54) is 6.42 Å². The molecule has 0 saturated heterocycles. The van der Waals surface area contributed by atoms with Gasteiger partial charge in [0.2, 0.25) is 0 Å². The van der Waals surface area contributed by atoms with Crippen LogP contribution in [0, 0.1) is 18.3 Å². The van der Waals surface area contributed by atoms with Gasteiger partial charge in [0.25, 0.3) is 0 Å². The Hall–Kier alpha value is -1.36. The van der Waals surface area contributed by atoms with Crippen molar-refractivity contribution in [3.63, 3.8) is 0 Å². The van der Waals surface area contributed by atoms with Crippen LogP contribution in [0.1, 0.15) is 58.4 Å². The van der Waals surface area contributed by atoms with Crippen LogP contribution in [-0.4, -0.2) is 17.9 Å². The van der Waals surface area contributed by atoms with Gasteiger partial charge in [-0.1, -0.05) is 33.3 Å². The summed E-state index contributed by atoms with van der Waals surface area (Å²) in [5.74, 6) is -0.464. The van der Waals surface area contributed by atoms with E-state index >= 15 is 0 Å². The van der Waals surface area contributed by atoms with Crippen LogP contribution in [0.25, 0.3) is 0 Å². The average molecular weight is 409 g/mol. The van der Waals surface area contributed by atoms with Crippen LogP contribution in [0.3, 0.4) is 0 Å². The van der Waals surface area contributed by atoms with Gasteiger partial charge in [0.15, 0.2) is 0 Å². The molecule has 0 unspecified atom stereocenters. The van der Waals surface area contributed by atoms with Crippen molar-refractivity contribution in [1.29, 1.82) is 0 Å². The first-order chi connectivity index (χ1) is 11.7. The molecule has 4 nitrogen and oxygen atoms in total. The van der Waals surface area contributed by atoms with Crippen molar-refractivity contribution in [3.05, 3.63) is 28.2 Å². The van der Waals surface area contributed by atoms with Gasteiger partial charge in [-0.2, -0.15) is 0 Å². The number of benzene rings is 1. The minimum Gasteiger partial charge on any atom is -0.345 e. The second-order valence-corrected chi connectivity index (χ2v) is 8.66. The molecule has 1 aromatic rings. The number of hydrogen-bond donors (Lipinski definition) is 2. The molecule has 2 N–H and O–H groups in total. The Kier molecular flexibility index (Phi) is 6.66. The third kappa shape index (κ3) is 5.30. The van der Waals surface area contributed by atoms with Crippen molar-refractivity contribution < 1.29 is 9.59 Å². The van der Waals surface area contributed by atoms with E-state index in [2.05, 4.69) is 47.3 Å². The summed E-state index contributed by atoms with van der Waals surface area (Å²) in [6.07, 6.45) is 5.28. The molecule has 0 bridgehead atoms. The highest BCUT2D eigenvalue weighted by Crippen LogP contribution is 2.40. The van der Waals surface area contributed by atoms with Crippen LogP contribution < -0.4 is 10.6 Å². The van der Waals surface area contributed by atoms with Crippen molar-refractivity contribution in [2.24, 2.45) is 11.3 Å². The van der Waals surface area contributed by atoms with Crippen molar-refractivity contribution in [2.45, 2.75) is 65.8 Å². The lowest BCUT2D eigenvalue weighted by Crippen LogP contribution is -2.44. The molecule has 0 aromatic heterocycles. The normalized spacial score (nSPS) is 20.8. The zero-order valence-electron chi connectivity index (χ0n) is 15.6. The first kappa shape index (κ1) is 20.0. The first-order valence-electron chi connectivity index (χ1n) is 9.11. The summed E-state index contributed by atoms with van der Waals surface area (Å²) in [6, 6.07) is 5.70. The zero-order valence-corrected chi connectivity index (χ0v) is 17.2. The summed E-state index contributed by atoms with van der Waals surface area (Å²) in [7, 11) is 0. The molecule has 0 heterocycles. The number of amides is 2. The zero-order chi connectivity index (χ0) is 18.6. The van der Waals surface area contributed by atoms with Crippen LogP contribution >= 0.6 is 15.9 Å². The van der Waals surface area contributed by atoms with E-state index in [9.17, 15) is 9.59 Å². The molecule has 0 atom stereocenters. The van der Waals surface area contributed by atoms with E-state index in [-0.39, 0.29) is 6.04 Å². The molecule has 5 heteroatoms. The minimum absolute atomic E-state index is 0.101. The Balaban J connectivity index is 1.85. The Morgan fingerprint density at radius 1 is 1.16 bits per heavy atom. The summed E-state index contributed by atoms with van der Waals surface area (Å²) in [5.41, 5.74) is 2.05. The number of nitrogens with one attached hydrogen (secondary N) is 2. The predicted octanol–water partition coefficient (Wildman–Crippen LogP) is 4.81. The predicted molar refractivity (Wildman–Crippen MR) is 105 cm³/mol. The SMILES string of the molecule is CCC(C)(C)C1CCC(NC(=O)C(=O)Nc2ccc(C)cc2Br)CC1. The number of hydrogen-bond acceptors (Lipinski definition) is 2. The monoisotopic (exact) mass is 408 g/mol. The summed E-state index contributed by atoms with van der Waals surface area (Å²) >= 11 is 3.41. The molecule has 1 fully saturated rings. The third-order valence-electron chi connectivity index (χ3n) is 5.66. The maximum atomic E-state index is 12.2. The summed E-state index contributed by atoms with van der Waals surface area (Å²) in [4.78, 5) is 24.3. The molecule has 0 aliphatic heterocycles. The van der Waals surface area contributed by atoms with Gasteiger partial charge >= 0.3 is 11.8 Å². The molecule has 138 valence electrons. The fourth-order valence-electron chi connectivity index (χ4n) is 3.46. The number of carbonyl (C=O) groups excluding carboxylic acids is 2. The van der Waals surface area contributed by atoms with Gasteiger partial charge in [0, 0.05) is 10.5 Å². The van der Waals surface area contributed by atoms with Crippen molar-refractivity contribution >= 4 is 33.4 Å². The third-order valence-corrected chi connectivity index (χ3v) is 6.31. The molecule has 1 aromatic carbocycles. The van der Waals surface area contributed by atoms with Crippen LogP contribution in [-0.2, 0) is 9.59 Å². The Morgan fingerprint density at radius 3 is 2.36 bits per heavy atom. The smallest absolute Gasteiger partial charge is 0.313 e. The molecular weight excluding hydrogens is 380 g/mol. The quantitative estimate of drug-likeness (QED) is 0.702. The standard InChI is InChI=1S/C20H29BrN2O2/c1-5-20(3,4)14-7-9-15(10-8-14)22-18(24)19(25)23-17-11-6-13(2)12-16(17)21/h6,11-12,14-15H,5,7-10H2,1-4H3,(H,22,24)(H,23,25). The van der Waals surface area contributed by atoms with Crippen LogP contribution in [0.2, 0.25) is 0 Å². The average Bonchev–Trinajstić information content (AvgIpc) is 2.57. The van der Waals surface area contributed by atoms with E-state index in [1.807, 2.05) is 19.1 Å². The van der Waals surface area contributed by atoms with Gasteiger partial charge in [-0.25, -0.2) is 0 Å². The van der Waals surface area contributed by atoms with Gasteiger partial charge < -0.3 is 10.6 Å². The van der Waals surface area contributed by atoms with E-state index in [1.54, 1.807) is 6.07 Å². The van der Waals surface area contributed by atoms with E-state index < -0.39 is 11.8 Å². The topological polar surface area (TPSA) is 58.2 Å². The highest BCUT2D eigenvalue weighted by Gasteiger charge is 2.32. The molecule has 1 saturated carbocycles. The molecule has 2 rings (SSSR count). The molecule has 25 heavy (non-hydrogen) atoms. The highest BCUT2D eigenvalue weighted by molar-refractivity contribution is 9.10. The van der Waals surface area contributed by atoms with E-state index in [0.717, 1.165) is 35.7 Å². The maximum Gasteiger partial charge on any atom is 0.313 e. The molecule has 0 spiro atoms. The molecule has 1 aliphatic rings. The number of aryl methyl sites for hydroxylation is 1. The second kappa shape index (κ2) is 8.35. The number of carbonyl (C=O) groups is 2. The Morgan fingerprint density at radius 2 is 1.80 bits per heavy atom. The number of anilines is 1. The lowest BCUT2D eigenvalue weighted by Gasteiger charge is -2.39. The lowest BCUT2D eigenvalue weighted by molar-refractivity contribution is -0.136. The van der Waals surface area contributed by atoms with Crippen molar-refractivity contribution in [3.8, 4) is 0 Å². The van der Waals surface area contributed by atoms with Gasteiger partial charge in [-0.15, -0.1) is 0 Å². The lowest BCUT2D eigenvalue weighted by atomic mass is 9.69. The van der Waals surface area contributed by atoms with Gasteiger partial charge in [-0.3, -0.25) is 9.59 Å². The van der Waals surface area contributed by atoms with Gasteiger partial charge in [0.1, 0.15) is 0 Å². The minimum atomic E-state index is -0.611. The molecule has 1 aliphatic carbocycles. The largest absolute Gasteiger partial charge is 0.345 e. The summed E-state index contributed by atoms with van der Waals surface area (Å²) in [5, 5.41) is 5.56. The molecule has 2 amide bonds. The summed E-state index contributed by atoms with van der Waals surface area (Å²) < 4.78 is 0.774. The van der Waals surface area contributed by atoms with Crippen molar-refractivity contribution in [2.75, 3.05) is 5.32 Å². The number of halogens is 1. The molecule has 0 radical (unpaired) electrons. The van der Waals surface area contributed by atoms with Crippen LogP contribution in [0.5, 0.6) is 0 Å². The van der Waals surface area contributed by atoms with Gasteiger partial charge in [0.05, 0.1) is 5.69 Å². The molecular formula is C20H29BrN2O2. The fourth-order valence-corrected chi connectivity index (χ4v) is 4.05. The Labute approximate surface area is 159 Å². The Bertz CT molecular complexity index is 635. The summed E-state index contributed by atoms with van der Waals surface area (Å²) in [6.45, 7) is 8.85. The highest BCUT2D eigenvalue weighted by atomic mass is 79.9.